The first kappa shape index (κ1) is 12.3. The third kappa shape index (κ3) is 2.95. The molecule has 2 rings (SSSR count). The minimum absolute atomic E-state index is 0.0669. The molecule has 0 aliphatic heterocycles. The van der Waals surface area contributed by atoms with Crippen molar-refractivity contribution in [3.63, 3.8) is 0 Å². The van der Waals surface area contributed by atoms with Gasteiger partial charge in [0, 0.05) is 6.42 Å². The lowest BCUT2D eigenvalue weighted by Crippen LogP contribution is -2.09. The molecule has 1 aromatic rings. The molecule has 0 spiro atoms. The molecule has 1 aliphatic rings. The Hall–Kier alpha value is -1.15. The van der Waals surface area contributed by atoms with Crippen LogP contribution in [0.25, 0.3) is 0 Å². The molecule has 0 heterocycles. The molecular weight excluding hydrogens is 239 g/mol. The van der Waals surface area contributed by atoms with Gasteiger partial charge in [-0.05, 0) is 42.9 Å². The van der Waals surface area contributed by atoms with E-state index in [0.29, 0.717) is 5.56 Å². The van der Waals surface area contributed by atoms with Crippen molar-refractivity contribution < 1.29 is 9.18 Å². The van der Waals surface area contributed by atoms with Gasteiger partial charge < -0.3 is 0 Å². The van der Waals surface area contributed by atoms with E-state index in [0.717, 1.165) is 31.3 Å². The largest absolute Gasteiger partial charge is 0.294 e. The van der Waals surface area contributed by atoms with Gasteiger partial charge in [-0.2, -0.15) is 0 Å². The van der Waals surface area contributed by atoms with Crippen LogP contribution in [0.2, 0.25) is 5.02 Å². The Morgan fingerprint density at radius 1 is 1.35 bits per heavy atom. The van der Waals surface area contributed by atoms with E-state index in [1.165, 1.54) is 6.07 Å². The van der Waals surface area contributed by atoms with Crippen LogP contribution < -0.4 is 0 Å². The van der Waals surface area contributed by atoms with Crippen LogP contribution in [0.15, 0.2) is 29.8 Å². The first-order chi connectivity index (χ1) is 8.18. The lowest BCUT2D eigenvalue weighted by atomic mass is 9.93. The minimum atomic E-state index is -0.463. The van der Waals surface area contributed by atoms with Crippen molar-refractivity contribution in [1.29, 1.82) is 0 Å². The fourth-order valence-electron chi connectivity index (χ4n) is 2.06. The van der Waals surface area contributed by atoms with Gasteiger partial charge in [-0.25, -0.2) is 4.39 Å². The van der Waals surface area contributed by atoms with Crippen molar-refractivity contribution in [2.75, 3.05) is 0 Å². The quantitative estimate of drug-likeness (QED) is 0.792. The van der Waals surface area contributed by atoms with E-state index in [1.54, 1.807) is 12.1 Å². The van der Waals surface area contributed by atoms with Crippen LogP contribution >= 0.6 is 11.6 Å². The topological polar surface area (TPSA) is 17.1 Å². The third-order valence-electron chi connectivity index (χ3n) is 3.03. The Bertz CT molecular complexity index is 465. The van der Waals surface area contributed by atoms with Crippen LogP contribution in [0.1, 0.15) is 31.2 Å². The average molecular weight is 253 g/mol. The Labute approximate surface area is 105 Å². The summed E-state index contributed by atoms with van der Waals surface area (Å²) in [6.07, 6.45) is 6.22. The van der Waals surface area contributed by atoms with Crippen molar-refractivity contribution in [3.8, 4) is 0 Å². The molecule has 3 heteroatoms. The van der Waals surface area contributed by atoms with Crippen LogP contribution in [0.4, 0.5) is 4.39 Å². The highest BCUT2D eigenvalue weighted by atomic mass is 35.5. The number of halogens is 2. The number of carbonyl (C=O) groups is 1. The van der Waals surface area contributed by atoms with E-state index < -0.39 is 5.82 Å². The summed E-state index contributed by atoms with van der Waals surface area (Å²) in [6.45, 7) is 0. The van der Waals surface area contributed by atoms with Gasteiger partial charge in [0.25, 0.3) is 0 Å². The summed E-state index contributed by atoms with van der Waals surface area (Å²) < 4.78 is 13.2. The highest BCUT2D eigenvalue weighted by molar-refractivity contribution is 6.31. The normalized spacial score (nSPS) is 15.5. The van der Waals surface area contributed by atoms with Crippen LogP contribution in [-0.4, -0.2) is 5.78 Å². The fraction of sp³-hybridized carbons (Fsp3) is 0.357. The number of benzene rings is 1. The molecule has 1 aromatic carbocycles. The Kier molecular flexibility index (Phi) is 3.95. The number of hydrogen-bond acceptors (Lipinski definition) is 1. The molecule has 0 bridgehead atoms. The van der Waals surface area contributed by atoms with E-state index in [2.05, 4.69) is 0 Å². The van der Waals surface area contributed by atoms with Gasteiger partial charge in [0.05, 0.1) is 5.02 Å². The predicted molar refractivity (Wildman–Crippen MR) is 66.7 cm³/mol. The van der Waals surface area contributed by atoms with Gasteiger partial charge in [-0.3, -0.25) is 4.79 Å². The van der Waals surface area contributed by atoms with Crippen molar-refractivity contribution >= 4 is 17.4 Å². The molecule has 0 amide bonds. The van der Waals surface area contributed by atoms with Crippen molar-refractivity contribution in [2.24, 2.45) is 0 Å². The summed E-state index contributed by atoms with van der Waals surface area (Å²) in [7, 11) is 0. The number of Topliss-reactive ketones (excluding diaryl/α,β-unsaturated/α-hetero) is 1. The van der Waals surface area contributed by atoms with E-state index in [-0.39, 0.29) is 17.2 Å². The SMILES string of the molecule is O=C(Cc1cccc(F)c1Cl)C1=CCCCC1. The zero-order valence-corrected chi connectivity index (χ0v) is 10.3. The Balaban J connectivity index is 2.13. The second kappa shape index (κ2) is 5.46. The number of ketones is 1. The first-order valence-electron chi connectivity index (χ1n) is 5.83. The van der Waals surface area contributed by atoms with Gasteiger partial charge >= 0.3 is 0 Å². The van der Waals surface area contributed by atoms with E-state index >= 15 is 0 Å². The standard InChI is InChI=1S/C14H14ClFO/c15-14-11(7-4-8-12(14)16)9-13(17)10-5-2-1-3-6-10/h4-5,7-8H,1-3,6,9H2. The molecular formula is C14H14ClFO. The van der Waals surface area contributed by atoms with Crippen LogP contribution in [-0.2, 0) is 11.2 Å². The van der Waals surface area contributed by atoms with Gasteiger partial charge in [0.1, 0.15) is 5.82 Å². The molecule has 1 aliphatic carbocycles. The minimum Gasteiger partial charge on any atom is -0.294 e. The molecule has 0 saturated heterocycles. The Morgan fingerprint density at radius 2 is 2.18 bits per heavy atom. The van der Waals surface area contributed by atoms with E-state index in [4.69, 9.17) is 11.6 Å². The summed E-state index contributed by atoms with van der Waals surface area (Å²) >= 11 is 5.83. The second-order valence-corrected chi connectivity index (χ2v) is 4.67. The smallest absolute Gasteiger partial charge is 0.162 e. The zero-order chi connectivity index (χ0) is 12.3. The average Bonchev–Trinajstić information content (AvgIpc) is 2.36. The first-order valence-corrected chi connectivity index (χ1v) is 6.21. The summed E-state index contributed by atoms with van der Waals surface area (Å²) in [6, 6.07) is 4.59. The van der Waals surface area contributed by atoms with Crippen LogP contribution in [0.5, 0.6) is 0 Å². The fourth-order valence-corrected chi connectivity index (χ4v) is 2.26. The summed E-state index contributed by atoms with van der Waals surface area (Å²) in [5, 5.41) is 0.0669. The lowest BCUT2D eigenvalue weighted by molar-refractivity contribution is -0.115. The maximum atomic E-state index is 13.2. The lowest BCUT2D eigenvalue weighted by Gasteiger charge is -2.12. The number of hydrogen-bond donors (Lipinski definition) is 0. The number of allylic oxidation sites excluding steroid dienone is 2. The molecule has 0 fully saturated rings. The highest BCUT2D eigenvalue weighted by Gasteiger charge is 2.15. The second-order valence-electron chi connectivity index (χ2n) is 4.29. The summed E-state index contributed by atoms with van der Waals surface area (Å²) in [5.74, 6) is -0.396. The summed E-state index contributed by atoms with van der Waals surface area (Å²) in [5.41, 5.74) is 1.44. The maximum absolute atomic E-state index is 13.2. The maximum Gasteiger partial charge on any atom is 0.162 e. The molecule has 0 saturated carbocycles. The van der Waals surface area contributed by atoms with Gasteiger partial charge in [-0.15, -0.1) is 0 Å². The number of carbonyl (C=O) groups excluding carboxylic acids is 1. The van der Waals surface area contributed by atoms with Crippen LogP contribution in [0.3, 0.4) is 0 Å². The predicted octanol–water partition coefficient (Wildman–Crippen LogP) is 4.09. The molecule has 0 N–H and O–H groups in total. The van der Waals surface area contributed by atoms with E-state index in [9.17, 15) is 9.18 Å². The van der Waals surface area contributed by atoms with Crippen LogP contribution in [0, 0.1) is 5.82 Å². The Morgan fingerprint density at radius 3 is 2.88 bits per heavy atom. The van der Waals surface area contributed by atoms with E-state index in [1.807, 2.05) is 6.08 Å². The van der Waals surface area contributed by atoms with Crippen molar-refractivity contribution in [2.45, 2.75) is 32.1 Å². The van der Waals surface area contributed by atoms with Gasteiger partial charge in [-0.1, -0.05) is 29.8 Å². The summed E-state index contributed by atoms with van der Waals surface area (Å²) in [4.78, 5) is 12.0. The molecule has 17 heavy (non-hydrogen) atoms. The molecule has 0 unspecified atom stereocenters. The molecule has 0 aromatic heterocycles. The molecule has 90 valence electrons. The third-order valence-corrected chi connectivity index (χ3v) is 3.45. The molecule has 1 nitrogen and oxygen atoms in total. The van der Waals surface area contributed by atoms with Gasteiger partial charge in [0.2, 0.25) is 0 Å². The highest BCUT2D eigenvalue weighted by Crippen LogP contribution is 2.24. The van der Waals surface area contributed by atoms with Crippen molar-refractivity contribution in [3.05, 3.63) is 46.3 Å². The molecule has 0 atom stereocenters. The number of rotatable bonds is 3. The molecule has 0 radical (unpaired) electrons. The van der Waals surface area contributed by atoms with Crippen molar-refractivity contribution in [1.82, 2.24) is 0 Å². The zero-order valence-electron chi connectivity index (χ0n) is 9.51. The monoisotopic (exact) mass is 252 g/mol. The van der Waals surface area contributed by atoms with Gasteiger partial charge in [0.15, 0.2) is 5.78 Å².